The molecule has 0 aliphatic carbocycles. The van der Waals surface area contributed by atoms with Crippen LogP contribution in [0.3, 0.4) is 0 Å². The number of para-hydroxylation sites is 2. The van der Waals surface area contributed by atoms with Crippen LogP contribution in [0.1, 0.15) is 30.1 Å². The summed E-state index contributed by atoms with van der Waals surface area (Å²) < 4.78 is 33.1. The minimum atomic E-state index is -3.65. The highest BCUT2D eigenvalue weighted by molar-refractivity contribution is 7.89. The Morgan fingerprint density at radius 2 is 1.85 bits per heavy atom. The smallest absolute Gasteiger partial charge is 0.317 e. The van der Waals surface area contributed by atoms with Crippen molar-refractivity contribution in [2.75, 3.05) is 39.4 Å². The molecular weight excluding hydrogens is 454 g/mol. The van der Waals surface area contributed by atoms with Crippen LogP contribution in [0.4, 0.5) is 4.79 Å². The van der Waals surface area contributed by atoms with Crippen molar-refractivity contribution < 1.29 is 17.9 Å². The molecule has 2 aliphatic heterocycles. The standard InChI is InChI=1S/C24H29N5O4S/c30-24(28-11-5-7-19(17-28)23-26-20-8-2-3-9-21(20)27-23)25-16-18-6-1-4-10-22(18)34(31,32)29-12-14-33-15-13-29/h1-4,6,8-10,19H,5,7,11-17H2,(H,25,30)(H,26,27). The van der Waals surface area contributed by atoms with Crippen molar-refractivity contribution in [3.05, 3.63) is 59.9 Å². The fraction of sp³-hybridized carbons (Fsp3) is 0.417. The summed E-state index contributed by atoms with van der Waals surface area (Å²) in [6, 6.07) is 14.6. The van der Waals surface area contributed by atoms with Gasteiger partial charge in [0.15, 0.2) is 0 Å². The molecule has 2 saturated heterocycles. The average Bonchev–Trinajstić information content (AvgIpc) is 3.32. The van der Waals surface area contributed by atoms with Gasteiger partial charge in [0.05, 0.1) is 29.1 Å². The van der Waals surface area contributed by atoms with Gasteiger partial charge in [-0.05, 0) is 36.6 Å². The number of benzene rings is 2. The van der Waals surface area contributed by atoms with Crippen LogP contribution in [0.2, 0.25) is 0 Å². The Hall–Kier alpha value is -2.95. The number of morpholine rings is 1. The first-order chi connectivity index (χ1) is 16.5. The number of fused-ring (bicyclic) bond motifs is 1. The van der Waals surface area contributed by atoms with Crippen molar-refractivity contribution in [3.63, 3.8) is 0 Å². The number of likely N-dealkylation sites (tertiary alicyclic amines) is 1. The zero-order valence-electron chi connectivity index (χ0n) is 18.9. The molecule has 3 heterocycles. The Kier molecular flexibility index (Phi) is 6.53. The number of hydrogen-bond acceptors (Lipinski definition) is 5. The number of amides is 2. The maximum Gasteiger partial charge on any atom is 0.317 e. The summed E-state index contributed by atoms with van der Waals surface area (Å²) in [4.78, 5) is 23.1. The van der Waals surface area contributed by atoms with Gasteiger partial charge in [0.25, 0.3) is 0 Å². The van der Waals surface area contributed by atoms with Gasteiger partial charge in [0.2, 0.25) is 10.0 Å². The van der Waals surface area contributed by atoms with Gasteiger partial charge in [-0.2, -0.15) is 4.31 Å². The first-order valence-corrected chi connectivity index (χ1v) is 13.1. The SMILES string of the molecule is O=C(NCc1ccccc1S(=O)(=O)N1CCOCC1)N1CCCC(c2nc3ccccc3[nH]2)C1. The third-order valence-corrected chi connectivity index (χ3v) is 8.49. The van der Waals surface area contributed by atoms with E-state index in [0.29, 0.717) is 45.0 Å². The van der Waals surface area contributed by atoms with Crippen molar-refractivity contribution in [1.29, 1.82) is 0 Å². The zero-order valence-corrected chi connectivity index (χ0v) is 19.8. The number of aromatic nitrogens is 2. The summed E-state index contributed by atoms with van der Waals surface area (Å²) in [6.45, 7) is 2.82. The maximum absolute atomic E-state index is 13.2. The molecule has 0 spiro atoms. The molecule has 0 bridgehead atoms. The largest absolute Gasteiger partial charge is 0.379 e. The van der Waals surface area contributed by atoms with E-state index in [1.807, 2.05) is 24.3 Å². The lowest BCUT2D eigenvalue weighted by atomic mass is 9.97. The monoisotopic (exact) mass is 483 g/mol. The van der Waals surface area contributed by atoms with E-state index >= 15 is 0 Å². The Morgan fingerprint density at radius 3 is 2.68 bits per heavy atom. The summed E-state index contributed by atoms with van der Waals surface area (Å²) in [5.41, 5.74) is 2.50. The summed E-state index contributed by atoms with van der Waals surface area (Å²) in [5.74, 6) is 1.04. The number of nitrogens with zero attached hydrogens (tertiary/aromatic N) is 3. The summed E-state index contributed by atoms with van der Waals surface area (Å²) in [6.07, 6.45) is 1.85. The molecule has 34 heavy (non-hydrogen) atoms. The molecule has 180 valence electrons. The number of carbonyl (C=O) groups excluding carboxylic acids is 1. The second-order valence-electron chi connectivity index (χ2n) is 8.71. The van der Waals surface area contributed by atoms with Crippen LogP contribution in [0.5, 0.6) is 0 Å². The second-order valence-corrected chi connectivity index (χ2v) is 10.6. The molecular formula is C24H29N5O4S. The highest BCUT2D eigenvalue weighted by atomic mass is 32.2. The molecule has 1 unspecified atom stereocenters. The van der Waals surface area contributed by atoms with Gasteiger partial charge in [-0.25, -0.2) is 18.2 Å². The molecule has 2 amide bonds. The molecule has 10 heteroatoms. The molecule has 2 N–H and O–H groups in total. The minimum absolute atomic E-state index is 0.140. The van der Waals surface area contributed by atoms with Crippen molar-refractivity contribution in [1.82, 2.24) is 24.5 Å². The minimum Gasteiger partial charge on any atom is -0.379 e. The molecule has 9 nitrogen and oxygen atoms in total. The fourth-order valence-corrected chi connectivity index (χ4v) is 6.29. The Balaban J connectivity index is 1.25. The van der Waals surface area contributed by atoms with E-state index < -0.39 is 10.0 Å². The second kappa shape index (κ2) is 9.73. The number of ether oxygens (including phenoxy) is 1. The van der Waals surface area contributed by atoms with Crippen LogP contribution >= 0.6 is 0 Å². The van der Waals surface area contributed by atoms with Gasteiger partial charge in [0.1, 0.15) is 5.82 Å². The van der Waals surface area contributed by atoms with E-state index in [2.05, 4.69) is 10.3 Å². The molecule has 2 aliphatic rings. The Morgan fingerprint density at radius 1 is 1.09 bits per heavy atom. The van der Waals surface area contributed by atoms with E-state index in [4.69, 9.17) is 9.72 Å². The topological polar surface area (TPSA) is 108 Å². The van der Waals surface area contributed by atoms with Gasteiger partial charge in [-0.15, -0.1) is 0 Å². The molecule has 2 aromatic carbocycles. The van der Waals surface area contributed by atoms with Crippen molar-refractivity contribution in [3.8, 4) is 0 Å². The van der Waals surface area contributed by atoms with E-state index in [-0.39, 0.29) is 23.4 Å². The Labute approximate surface area is 199 Å². The van der Waals surface area contributed by atoms with Gasteiger partial charge in [-0.3, -0.25) is 0 Å². The highest BCUT2D eigenvalue weighted by Crippen LogP contribution is 2.27. The number of piperidine rings is 1. The van der Waals surface area contributed by atoms with Crippen LogP contribution < -0.4 is 5.32 Å². The number of nitrogens with one attached hydrogen (secondary N) is 2. The highest BCUT2D eigenvalue weighted by Gasteiger charge is 2.29. The zero-order chi connectivity index (χ0) is 23.5. The van der Waals surface area contributed by atoms with Gasteiger partial charge >= 0.3 is 6.03 Å². The van der Waals surface area contributed by atoms with Crippen molar-refractivity contribution >= 4 is 27.1 Å². The van der Waals surface area contributed by atoms with E-state index in [1.165, 1.54) is 4.31 Å². The normalized spacial score (nSPS) is 19.9. The number of hydrogen-bond donors (Lipinski definition) is 2. The van der Waals surface area contributed by atoms with Crippen LogP contribution in [0.25, 0.3) is 11.0 Å². The lowest BCUT2D eigenvalue weighted by Crippen LogP contribution is -2.45. The lowest BCUT2D eigenvalue weighted by molar-refractivity contribution is 0.0730. The maximum atomic E-state index is 13.2. The number of sulfonamides is 1. The molecule has 1 aromatic heterocycles. The van der Waals surface area contributed by atoms with Crippen molar-refractivity contribution in [2.24, 2.45) is 0 Å². The number of urea groups is 1. The first kappa shape index (κ1) is 22.8. The van der Waals surface area contributed by atoms with Gasteiger partial charge < -0.3 is 19.9 Å². The number of carbonyl (C=O) groups is 1. The quantitative estimate of drug-likeness (QED) is 0.580. The van der Waals surface area contributed by atoms with E-state index in [9.17, 15) is 13.2 Å². The third-order valence-electron chi connectivity index (χ3n) is 6.49. The summed E-state index contributed by atoms with van der Waals surface area (Å²) in [7, 11) is -3.65. The van der Waals surface area contributed by atoms with Crippen LogP contribution in [-0.2, 0) is 21.3 Å². The molecule has 1 atom stereocenters. The fourth-order valence-electron chi connectivity index (χ4n) is 4.66. The molecule has 2 fully saturated rings. The first-order valence-electron chi connectivity index (χ1n) is 11.7. The van der Waals surface area contributed by atoms with Gasteiger partial charge in [-0.1, -0.05) is 30.3 Å². The molecule has 3 aromatic rings. The molecule has 0 saturated carbocycles. The predicted molar refractivity (Wildman–Crippen MR) is 128 cm³/mol. The van der Waals surface area contributed by atoms with E-state index in [0.717, 1.165) is 29.7 Å². The number of imidazole rings is 1. The van der Waals surface area contributed by atoms with Gasteiger partial charge in [0, 0.05) is 38.6 Å². The van der Waals surface area contributed by atoms with Crippen LogP contribution in [-0.4, -0.2) is 73.0 Å². The average molecular weight is 484 g/mol. The summed E-state index contributed by atoms with van der Waals surface area (Å²) in [5, 5.41) is 2.93. The predicted octanol–water partition coefficient (Wildman–Crippen LogP) is 2.67. The van der Waals surface area contributed by atoms with E-state index in [1.54, 1.807) is 29.2 Å². The van der Waals surface area contributed by atoms with Crippen LogP contribution in [0.15, 0.2) is 53.4 Å². The lowest BCUT2D eigenvalue weighted by Gasteiger charge is -2.32. The number of rotatable bonds is 5. The number of aromatic amines is 1. The molecule has 5 rings (SSSR count). The Bertz CT molecular complexity index is 1240. The molecule has 0 radical (unpaired) electrons. The third kappa shape index (κ3) is 4.66. The summed E-state index contributed by atoms with van der Waals surface area (Å²) >= 11 is 0. The van der Waals surface area contributed by atoms with Crippen LogP contribution in [0, 0.1) is 0 Å². The number of H-pyrrole nitrogens is 1. The van der Waals surface area contributed by atoms with Crippen molar-refractivity contribution in [2.45, 2.75) is 30.2 Å².